The average Bonchev–Trinajstić information content (AvgIpc) is 1.62. The Labute approximate surface area is 53.8 Å². The molecule has 0 aromatic heterocycles. The van der Waals surface area contributed by atoms with Crippen LogP contribution in [0.15, 0.2) is 0 Å². The number of halogens is 2. The van der Waals surface area contributed by atoms with Gasteiger partial charge in [0.15, 0.2) is 13.6 Å². The Kier molecular flexibility index (Phi) is 2.35. The number of Topliss-reactive ketones (excluding diaryl/α,β-unsaturated/α-hetero) is 1. The van der Waals surface area contributed by atoms with Gasteiger partial charge in [0.2, 0.25) is 0 Å². The van der Waals surface area contributed by atoms with Gasteiger partial charge in [0.05, 0.1) is 0 Å². The fraction of sp³-hybridized carbons (Fsp3) is 0.800. The number of ketones is 1. The Bertz CT molecular complexity index is 117. The molecule has 4 heteroatoms. The molecule has 2 radical (unpaired) electrons. The molecule has 0 bridgehead atoms. The molecule has 0 saturated carbocycles. The number of carbonyl (C=O) groups excluding carboxylic acids is 1. The second kappa shape index (κ2) is 2.46. The van der Waals surface area contributed by atoms with E-state index in [-0.39, 0.29) is 0 Å². The van der Waals surface area contributed by atoms with Gasteiger partial charge in [-0.2, -0.15) is 0 Å². The van der Waals surface area contributed by atoms with Crippen molar-refractivity contribution in [2.75, 3.05) is 0 Å². The topological polar surface area (TPSA) is 17.1 Å². The molecule has 9 heavy (non-hydrogen) atoms. The monoisotopic (exact) mass is 132 g/mol. The van der Waals surface area contributed by atoms with Gasteiger partial charge in [0.25, 0.3) is 5.82 Å². The maximum absolute atomic E-state index is 11.8. The lowest BCUT2D eigenvalue weighted by Crippen LogP contribution is -2.32. The highest BCUT2D eigenvalue weighted by atomic mass is 19.3. The minimum atomic E-state index is -3.66. The maximum Gasteiger partial charge on any atom is 0.255 e. The summed E-state index contributed by atoms with van der Waals surface area (Å²) in [6, 6.07) is 0. The van der Waals surface area contributed by atoms with Crippen LogP contribution in [0.5, 0.6) is 0 Å². The standard InChI is InChI=1S/C5H7BF2O/c1-3(2)4(9)5(6,7)8/h3H,1-2H3. The normalized spacial score (nSPS) is 12.1. The van der Waals surface area contributed by atoms with E-state index in [1.54, 1.807) is 0 Å². The summed E-state index contributed by atoms with van der Waals surface area (Å²) < 4.78 is 23.6. The van der Waals surface area contributed by atoms with Crippen molar-refractivity contribution < 1.29 is 13.6 Å². The molecular formula is C5H7BF2O. The Morgan fingerprint density at radius 3 is 1.89 bits per heavy atom. The predicted molar refractivity (Wildman–Crippen MR) is 30.5 cm³/mol. The lowest BCUT2D eigenvalue weighted by molar-refractivity contribution is -0.136. The van der Waals surface area contributed by atoms with Gasteiger partial charge in [-0.15, -0.1) is 0 Å². The van der Waals surface area contributed by atoms with Crippen LogP contribution >= 0.6 is 0 Å². The molecule has 0 rings (SSSR count). The first-order chi connectivity index (χ1) is 3.85. The third-order valence-electron chi connectivity index (χ3n) is 0.853. The zero-order valence-corrected chi connectivity index (χ0v) is 5.32. The Balaban J connectivity index is 4.06. The molecule has 0 N–H and O–H groups in total. The fourth-order valence-electron chi connectivity index (χ4n) is 0.385. The Morgan fingerprint density at radius 1 is 1.56 bits per heavy atom. The Hall–Kier alpha value is -0.405. The van der Waals surface area contributed by atoms with E-state index in [4.69, 9.17) is 0 Å². The fourth-order valence-corrected chi connectivity index (χ4v) is 0.385. The summed E-state index contributed by atoms with van der Waals surface area (Å²) in [5, 5.41) is 0. The highest BCUT2D eigenvalue weighted by Crippen LogP contribution is 2.14. The molecule has 0 aliphatic carbocycles. The minimum absolute atomic E-state index is 0.704. The zero-order chi connectivity index (χ0) is 7.65. The molecule has 0 amide bonds. The van der Waals surface area contributed by atoms with Crippen molar-refractivity contribution in [3.63, 3.8) is 0 Å². The van der Waals surface area contributed by atoms with Crippen molar-refractivity contribution in [3.8, 4) is 0 Å². The van der Waals surface area contributed by atoms with Crippen molar-refractivity contribution in [1.29, 1.82) is 0 Å². The average molecular weight is 132 g/mol. The summed E-state index contributed by atoms with van der Waals surface area (Å²) in [5.41, 5.74) is 0. The van der Waals surface area contributed by atoms with Crippen LogP contribution in [0.3, 0.4) is 0 Å². The molecule has 0 aliphatic heterocycles. The molecule has 0 heterocycles. The van der Waals surface area contributed by atoms with E-state index in [1.807, 2.05) is 0 Å². The molecule has 0 aliphatic rings. The summed E-state index contributed by atoms with van der Waals surface area (Å²) in [7, 11) is 4.20. The molecular weight excluding hydrogens is 125 g/mol. The summed E-state index contributed by atoms with van der Waals surface area (Å²) in [6.07, 6.45) is 0. The van der Waals surface area contributed by atoms with Gasteiger partial charge in [0.1, 0.15) is 0 Å². The predicted octanol–water partition coefficient (Wildman–Crippen LogP) is 0.973. The third-order valence-corrected chi connectivity index (χ3v) is 0.853. The van der Waals surface area contributed by atoms with Gasteiger partial charge in [0, 0.05) is 5.92 Å². The van der Waals surface area contributed by atoms with Crippen LogP contribution < -0.4 is 0 Å². The van der Waals surface area contributed by atoms with E-state index in [0.717, 1.165) is 0 Å². The molecule has 0 atom stereocenters. The van der Waals surface area contributed by atoms with Crippen LogP contribution in [0, 0.1) is 5.92 Å². The lowest BCUT2D eigenvalue weighted by Gasteiger charge is -2.10. The van der Waals surface area contributed by atoms with Crippen molar-refractivity contribution in [3.05, 3.63) is 0 Å². The molecule has 0 saturated heterocycles. The van der Waals surface area contributed by atoms with E-state index in [1.165, 1.54) is 13.8 Å². The van der Waals surface area contributed by atoms with Gasteiger partial charge >= 0.3 is 0 Å². The van der Waals surface area contributed by atoms with Crippen LogP contribution in [0.4, 0.5) is 8.78 Å². The van der Waals surface area contributed by atoms with Crippen molar-refractivity contribution >= 4 is 13.6 Å². The smallest absolute Gasteiger partial charge is 0.255 e. The molecule has 0 unspecified atom stereocenters. The van der Waals surface area contributed by atoms with Gasteiger partial charge < -0.3 is 0 Å². The van der Waals surface area contributed by atoms with E-state index >= 15 is 0 Å². The van der Waals surface area contributed by atoms with Crippen LogP contribution in [0.25, 0.3) is 0 Å². The molecule has 1 nitrogen and oxygen atoms in total. The van der Waals surface area contributed by atoms with Crippen molar-refractivity contribution in [1.82, 2.24) is 0 Å². The molecule has 0 aromatic rings. The van der Waals surface area contributed by atoms with E-state index in [2.05, 4.69) is 7.85 Å². The number of alkyl halides is 2. The first-order valence-electron chi connectivity index (χ1n) is 2.56. The second-order valence-corrected chi connectivity index (χ2v) is 2.14. The van der Waals surface area contributed by atoms with Gasteiger partial charge in [-0.1, -0.05) is 13.8 Å². The summed E-state index contributed by atoms with van der Waals surface area (Å²) in [5.74, 6) is -5.58. The Morgan fingerprint density at radius 2 is 1.89 bits per heavy atom. The summed E-state index contributed by atoms with van der Waals surface area (Å²) in [6.45, 7) is 2.76. The van der Waals surface area contributed by atoms with E-state index in [9.17, 15) is 13.6 Å². The quantitative estimate of drug-likeness (QED) is 0.511. The maximum atomic E-state index is 11.8. The number of hydrogen-bond donors (Lipinski definition) is 0. The first kappa shape index (κ1) is 8.59. The number of carbonyl (C=O) groups is 1. The van der Waals surface area contributed by atoms with Gasteiger partial charge in [-0.3, -0.25) is 4.79 Å². The van der Waals surface area contributed by atoms with Crippen molar-refractivity contribution in [2.24, 2.45) is 5.92 Å². The molecule has 0 aromatic carbocycles. The minimum Gasteiger partial charge on any atom is -0.294 e. The first-order valence-corrected chi connectivity index (χ1v) is 2.56. The second-order valence-electron chi connectivity index (χ2n) is 2.14. The highest BCUT2D eigenvalue weighted by molar-refractivity contribution is 6.26. The van der Waals surface area contributed by atoms with E-state index in [0.29, 0.717) is 0 Å². The highest BCUT2D eigenvalue weighted by Gasteiger charge is 2.32. The van der Waals surface area contributed by atoms with Gasteiger partial charge in [-0.05, 0) is 0 Å². The van der Waals surface area contributed by atoms with Crippen LogP contribution in [0.1, 0.15) is 13.8 Å². The lowest BCUT2D eigenvalue weighted by atomic mass is 9.88. The molecule has 50 valence electrons. The third kappa shape index (κ3) is 2.58. The molecule has 0 spiro atoms. The largest absolute Gasteiger partial charge is 0.294 e. The number of hydrogen-bond acceptors (Lipinski definition) is 1. The summed E-state index contributed by atoms with van der Waals surface area (Å²) in [4.78, 5) is 10.3. The summed E-state index contributed by atoms with van der Waals surface area (Å²) >= 11 is 0. The SMILES string of the molecule is [B]C(F)(F)C(=O)C(C)C. The van der Waals surface area contributed by atoms with Crippen LogP contribution in [0.2, 0.25) is 0 Å². The molecule has 0 fully saturated rings. The van der Waals surface area contributed by atoms with E-state index < -0.39 is 17.5 Å². The zero-order valence-electron chi connectivity index (χ0n) is 5.32. The van der Waals surface area contributed by atoms with Crippen molar-refractivity contribution in [2.45, 2.75) is 19.7 Å². The van der Waals surface area contributed by atoms with Gasteiger partial charge in [-0.25, -0.2) is 8.78 Å². The number of rotatable bonds is 2. The van der Waals surface area contributed by atoms with Crippen LogP contribution in [-0.4, -0.2) is 19.5 Å². The van der Waals surface area contributed by atoms with Crippen LogP contribution in [-0.2, 0) is 4.79 Å².